The highest BCUT2D eigenvalue weighted by Crippen LogP contribution is 2.42. The van der Waals surface area contributed by atoms with Crippen LogP contribution in [0.5, 0.6) is 0 Å². The van der Waals surface area contributed by atoms with E-state index in [0.29, 0.717) is 19.3 Å². The molecule has 0 aliphatic carbocycles. The monoisotopic (exact) mass is 325 g/mol. The maximum atomic E-state index is 12.4. The fourth-order valence-corrected chi connectivity index (χ4v) is 3.55. The van der Waals surface area contributed by atoms with Crippen LogP contribution in [0.1, 0.15) is 46.5 Å². The van der Waals surface area contributed by atoms with E-state index in [9.17, 15) is 14.4 Å². The topological polar surface area (TPSA) is 113 Å². The van der Waals surface area contributed by atoms with Gasteiger partial charge in [-0.3, -0.25) is 9.97 Å². The van der Waals surface area contributed by atoms with Crippen molar-refractivity contribution in [2.75, 3.05) is 0 Å². The summed E-state index contributed by atoms with van der Waals surface area (Å²) < 4.78 is 12.2. The Morgan fingerprint density at radius 3 is 1.78 bits per heavy atom. The normalized spacial score (nSPS) is 31.6. The predicted molar refractivity (Wildman–Crippen MR) is 82.7 cm³/mol. The number of hydrogen-bond donors (Lipinski definition) is 2. The molecule has 3 heterocycles. The Morgan fingerprint density at radius 1 is 1.00 bits per heavy atom. The van der Waals surface area contributed by atoms with E-state index in [0.717, 1.165) is 6.42 Å². The smallest absolute Gasteiger partial charge is 0.334 e. The van der Waals surface area contributed by atoms with E-state index in [1.807, 2.05) is 20.8 Å². The third-order valence-corrected chi connectivity index (χ3v) is 4.87. The highest BCUT2D eigenvalue weighted by atomic mass is 16.6. The van der Waals surface area contributed by atoms with E-state index in [2.05, 4.69) is 9.97 Å². The number of hydrogen-bond acceptors (Lipinski definition) is 5. The van der Waals surface area contributed by atoms with Crippen LogP contribution in [-0.4, -0.2) is 39.0 Å². The quantitative estimate of drug-likeness (QED) is 0.689. The second-order valence-corrected chi connectivity index (χ2v) is 6.67. The van der Waals surface area contributed by atoms with Crippen LogP contribution in [0.25, 0.3) is 0 Å². The molecule has 2 N–H and O–H groups in total. The Labute approximate surface area is 132 Å². The number of aromatic amines is 2. The fourth-order valence-electron chi connectivity index (χ4n) is 3.55. The number of nitrogens with zero attached hydrogens (tertiary/aromatic N) is 1. The van der Waals surface area contributed by atoms with Gasteiger partial charge in [0.05, 0.1) is 30.0 Å². The zero-order valence-corrected chi connectivity index (χ0v) is 13.6. The molecule has 0 saturated carbocycles. The zero-order chi connectivity index (χ0) is 16.8. The second-order valence-electron chi connectivity index (χ2n) is 6.67. The van der Waals surface area contributed by atoms with E-state index >= 15 is 0 Å². The maximum Gasteiger partial charge on any atom is 0.334 e. The summed E-state index contributed by atoms with van der Waals surface area (Å²) in [5, 5.41) is 0. The molecule has 128 valence electrons. The van der Waals surface area contributed by atoms with E-state index < -0.39 is 22.6 Å². The van der Waals surface area contributed by atoms with E-state index in [1.165, 1.54) is 4.57 Å². The van der Waals surface area contributed by atoms with Gasteiger partial charge in [0.2, 0.25) is 0 Å². The van der Waals surface area contributed by atoms with Crippen molar-refractivity contribution in [1.29, 1.82) is 0 Å². The standard InChI is InChI=1S/C15H23N3O5/c1-4-5-15(6-10-8(2)22-10,7-11-9(3)23-11)18-13(20)16-12(19)17-14(18)21/h8-11H,4-7H2,1-3H3,(H2,16,17,19,20,21). The Morgan fingerprint density at radius 2 is 1.43 bits per heavy atom. The molecule has 0 spiro atoms. The molecule has 3 rings (SSSR count). The zero-order valence-electron chi connectivity index (χ0n) is 13.6. The van der Waals surface area contributed by atoms with Gasteiger partial charge in [-0.1, -0.05) is 13.3 Å². The number of rotatable bonds is 7. The molecule has 4 atom stereocenters. The lowest BCUT2D eigenvalue weighted by Crippen LogP contribution is -2.54. The van der Waals surface area contributed by atoms with Crippen LogP contribution in [0.3, 0.4) is 0 Å². The van der Waals surface area contributed by atoms with Gasteiger partial charge in [-0.05, 0) is 20.3 Å². The van der Waals surface area contributed by atoms with Crippen molar-refractivity contribution in [3.05, 3.63) is 31.5 Å². The first-order valence-corrected chi connectivity index (χ1v) is 8.13. The average molecular weight is 325 g/mol. The third-order valence-electron chi connectivity index (χ3n) is 4.87. The molecular formula is C15H23N3O5. The molecule has 8 nitrogen and oxygen atoms in total. The number of epoxide rings is 2. The van der Waals surface area contributed by atoms with Crippen LogP contribution in [0.2, 0.25) is 0 Å². The first-order valence-electron chi connectivity index (χ1n) is 8.13. The van der Waals surface area contributed by atoms with Gasteiger partial charge >= 0.3 is 17.1 Å². The summed E-state index contributed by atoms with van der Waals surface area (Å²) in [7, 11) is 0. The van der Waals surface area contributed by atoms with Gasteiger partial charge in [0.1, 0.15) is 0 Å². The highest BCUT2D eigenvalue weighted by molar-refractivity contribution is 5.00. The minimum Gasteiger partial charge on any atom is -0.370 e. The van der Waals surface area contributed by atoms with Crippen LogP contribution < -0.4 is 17.1 Å². The second kappa shape index (κ2) is 5.76. The Hall–Kier alpha value is -1.67. The molecule has 4 unspecified atom stereocenters. The van der Waals surface area contributed by atoms with Gasteiger partial charge in [-0.2, -0.15) is 0 Å². The molecule has 1 aromatic heterocycles. The van der Waals surface area contributed by atoms with E-state index in [4.69, 9.17) is 9.47 Å². The predicted octanol–water partition coefficient (Wildman–Crippen LogP) is 0.0751. The van der Waals surface area contributed by atoms with Crippen LogP contribution in [0.4, 0.5) is 0 Å². The van der Waals surface area contributed by atoms with Crippen molar-refractivity contribution in [3.8, 4) is 0 Å². The van der Waals surface area contributed by atoms with Gasteiger partial charge in [0.25, 0.3) is 0 Å². The van der Waals surface area contributed by atoms with Crippen LogP contribution >= 0.6 is 0 Å². The summed E-state index contributed by atoms with van der Waals surface area (Å²) in [4.78, 5) is 40.4. The minimum atomic E-state index is -0.784. The van der Waals surface area contributed by atoms with Gasteiger partial charge < -0.3 is 9.47 Å². The lowest BCUT2D eigenvalue weighted by molar-refractivity contribution is 0.160. The molecule has 2 fully saturated rings. The maximum absolute atomic E-state index is 12.4. The summed E-state index contributed by atoms with van der Waals surface area (Å²) >= 11 is 0. The van der Waals surface area contributed by atoms with Gasteiger partial charge in [0.15, 0.2) is 0 Å². The van der Waals surface area contributed by atoms with Crippen LogP contribution in [-0.2, 0) is 15.0 Å². The molecule has 0 amide bonds. The minimum absolute atomic E-state index is 0.0221. The number of ether oxygens (including phenoxy) is 2. The summed E-state index contributed by atoms with van der Waals surface area (Å²) in [5.41, 5.74) is -2.84. The molecule has 0 radical (unpaired) electrons. The molecular weight excluding hydrogens is 302 g/mol. The lowest BCUT2D eigenvalue weighted by atomic mass is 9.82. The van der Waals surface area contributed by atoms with Gasteiger partial charge in [0, 0.05) is 12.8 Å². The van der Waals surface area contributed by atoms with Crippen LogP contribution in [0.15, 0.2) is 14.4 Å². The molecule has 0 bridgehead atoms. The largest absolute Gasteiger partial charge is 0.370 e. The van der Waals surface area contributed by atoms with Crippen molar-refractivity contribution in [2.24, 2.45) is 0 Å². The molecule has 2 saturated heterocycles. The summed E-state index contributed by atoms with van der Waals surface area (Å²) in [6.07, 6.45) is 2.85. The van der Waals surface area contributed by atoms with Crippen molar-refractivity contribution in [3.63, 3.8) is 0 Å². The molecule has 2 aliphatic rings. The lowest BCUT2D eigenvalue weighted by Gasteiger charge is -2.34. The van der Waals surface area contributed by atoms with E-state index in [1.54, 1.807) is 0 Å². The number of nitrogens with one attached hydrogen (secondary N) is 2. The Balaban J connectivity index is 2.07. The fraction of sp³-hybridized carbons (Fsp3) is 0.800. The molecule has 8 heteroatoms. The van der Waals surface area contributed by atoms with Gasteiger partial charge in [-0.15, -0.1) is 0 Å². The van der Waals surface area contributed by atoms with Crippen LogP contribution in [0, 0.1) is 0 Å². The molecule has 0 aromatic carbocycles. The third kappa shape index (κ3) is 3.18. The number of H-pyrrole nitrogens is 2. The first kappa shape index (κ1) is 16.2. The Bertz CT molecular complexity index is 696. The van der Waals surface area contributed by atoms with Crippen molar-refractivity contribution in [2.45, 2.75) is 76.4 Å². The highest BCUT2D eigenvalue weighted by Gasteiger charge is 2.49. The summed E-state index contributed by atoms with van der Waals surface area (Å²) in [5.74, 6) is 0. The number of aromatic nitrogens is 3. The molecule has 2 aliphatic heterocycles. The van der Waals surface area contributed by atoms with Gasteiger partial charge in [-0.25, -0.2) is 19.0 Å². The molecule has 23 heavy (non-hydrogen) atoms. The molecule has 1 aromatic rings. The average Bonchev–Trinajstić information content (AvgIpc) is 3.30. The van der Waals surface area contributed by atoms with Crippen molar-refractivity contribution in [1.82, 2.24) is 14.5 Å². The summed E-state index contributed by atoms with van der Waals surface area (Å²) in [6.45, 7) is 5.95. The van der Waals surface area contributed by atoms with E-state index in [-0.39, 0.29) is 24.4 Å². The SMILES string of the molecule is CCCC(CC1OC1C)(CC1OC1C)n1c(=O)[nH]c(=O)[nH]c1=O. The Kier molecular flexibility index (Phi) is 4.05. The van der Waals surface area contributed by atoms with Crippen molar-refractivity contribution < 1.29 is 9.47 Å². The summed E-state index contributed by atoms with van der Waals surface area (Å²) in [6, 6.07) is 0. The first-order chi connectivity index (χ1) is 10.9. The van der Waals surface area contributed by atoms with Crippen molar-refractivity contribution >= 4 is 0 Å².